The average molecular weight is 464 g/mol. The summed E-state index contributed by atoms with van der Waals surface area (Å²) in [5.41, 5.74) is 3.36. The Balaban J connectivity index is 1.73. The minimum atomic E-state index is -3.65. The van der Waals surface area contributed by atoms with Gasteiger partial charge in [0, 0.05) is 30.4 Å². The predicted molar refractivity (Wildman–Crippen MR) is 124 cm³/mol. The molecule has 7 nitrogen and oxygen atoms in total. The first kappa shape index (κ1) is 23.3. The number of hydrogen-bond donors (Lipinski definition) is 1. The van der Waals surface area contributed by atoms with Crippen LogP contribution in [0.3, 0.4) is 0 Å². The standard InChI is InChI=1S/C22H29N3O4S2/c1-6-28-19-9-8-17(12-20(19)29-7-2)10-11-23-31(26,27)21-13-18(25(5)16(21)4)22-24-15(3)14-30-22/h8-9,12-14,23H,6-7,10-11H2,1-5H3. The zero-order chi connectivity index (χ0) is 22.6. The first-order chi connectivity index (χ1) is 14.8. The predicted octanol–water partition coefficient (Wildman–Crippen LogP) is 4.08. The highest BCUT2D eigenvalue weighted by Crippen LogP contribution is 2.30. The van der Waals surface area contributed by atoms with Gasteiger partial charge in [-0.3, -0.25) is 0 Å². The Kier molecular flexibility index (Phi) is 7.40. The lowest BCUT2D eigenvalue weighted by atomic mass is 10.1. The van der Waals surface area contributed by atoms with E-state index < -0.39 is 10.0 Å². The molecule has 1 aromatic carbocycles. The van der Waals surface area contributed by atoms with E-state index in [4.69, 9.17) is 9.47 Å². The maximum atomic E-state index is 13.0. The molecule has 1 N–H and O–H groups in total. The maximum absolute atomic E-state index is 13.0. The van der Waals surface area contributed by atoms with E-state index in [1.807, 2.05) is 56.0 Å². The quantitative estimate of drug-likeness (QED) is 0.490. The zero-order valence-electron chi connectivity index (χ0n) is 18.6. The van der Waals surface area contributed by atoms with Gasteiger partial charge in [0.25, 0.3) is 0 Å². The van der Waals surface area contributed by atoms with Crippen molar-refractivity contribution in [1.29, 1.82) is 0 Å². The Morgan fingerprint density at radius 2 is 1.81 bits per heavy atom. The molecule has 0 aliphatic heterocycles. The number of benzene rings is 1. The first-order valence-corrected chi connectivity index (χ1v) is 12.6. The van der Waals surface area contributed by atoms with Gasteiger partial charge < -0.3 is 14.0 Å². The summed E-state index contributed by atoms with van der Waals surface area (Å²) in [6.45, 7) is 8.93. The SMILES string of the molecule is CCOc1ccc(CCNS(=O)(=O)c2cc(-c3nc(C)cs3)n(C)c2C)cc1OCC. The molecule has 3 aromatic rings. The van der Waals surface area contributed by atoms with Crippen molar-refractivity contribution in [3.05, 3.63) is 46.6 Å². The largest absolute Gasteiger partial charge is 0.490 e. The van der Waals surface area contributed by atoms with E-state index in [0.717, 1.165) is 22.0 Å². The van der Waals surface area contributed by atoms with Crippen LogP contribution in [-0.2, 0) is 23.5 Å². The molecule has 0 saturated carbocycles. The Hall–Kier alpha value is -2.36. The highest BCUT2D eigenvalue weighted by Gasteiger charge is 2.23. The minimum absolute atomic E-state index is 0.277. The number of thiazole rings is 1. The number of hydrogen-bond acceptors (Lipinski definition) is 6. The highest BCUT2D eigenvalue weighted by atomic mass is 32.2. The molecule has 0 spiro atoms. The summed E-state index contributed by atoms with van der Waals surface area (Å²) < 4.78 is 41.8. The fourth-order valence-corrected chi connectivity index (χ4v) is 5.45. The molecule has 0 aliphatic carbocycles. The van der Waals surface area contributed by atoms with Gasteiger partial charge in [0.05, 0.1) is 18.9 Å². The molecule has 0 radical (unpaired) electrons. The van der Waals surface area contributed by atoms with E-state index in [1.54, 1.807) is 13.0 Å². The van der Waals surface area contributed by atoms with Crippen molar-refractivity contribution in [2.24, 2.45) is 7.05 Å². The Labute approximate surface area is 188 Å². The van der Waals surface area contributed by atoms with E-state index in [1.165, 1.54) is 11.3 Å². The molecule has 9 heteroatoms. The third-order valence-electron chi connectivity index (χ3n) is 4.93. The molecule has 31 heavy (non-hydrogen) atoms. The number of ether oxygens (including phenoxy) is 2. The number of sulfonamides is 1. The van der Waals surface area contributed by atoms with Crippen molar-refractivity contribution < 1.29 is 17.9 Å². The van der Waals surface area contributed by atoms with Crippen molar-refractivity contribution in [3.8, 4) is 22.2 Å². The summed E-state index contributed by atoms with van der Waals surface area (Å²) in [5.74, 6) is 1.37. The van der Waals surface area contributed by atoms with Crippen LogP contribution in [0.1, 0.15) is 30.8 Å². The van der Waals surface area contributed by atoms with Crippen LogP contribution in [0.25, 0.3) is 10.7 Å². The van der Waals surface area contributed by atoms with Gasteiger partial charge in [-0.25, -0.2) is 18.1 Å². The van der Waals surface area contributed by atoms with Crippen molar-refractivity contribution in [2.45, 2.75) is 39.0 Å². The number of aryl methyl sites for hydroxylation is 1. The third-order valence-corrected chi connectivity index (χ3v) is 7.49. The van der Waals surface area contributed by atoms with Crippen LogP contribution in [0.2, 0.25) is 0 Å². The molecule has 0 saturated heterocycles. The van der Waals surface area contributed by atoms with E-state index >= 15 is 0 Å². The van der Waals surface area contributed by atoms with E-state index in [0.29, 0.717) is 36.8 Å². The van der Waals surface area contributed by atoms with Crippen molar-refractivity contribution >= 4 is 21.4 Å². The Morgan fingerprint density at radius 1 is 1.10 bits per heavy atom. The summed E-state index contributed by atoms with van der Waals surface area (Å²) in [4.78, 5) is 4.76. The van der Waals surface area contributed by atoms with Gasteiger partial charge in [0.15, 0.2) is 11.5 Å². The number of nitrogens with one attached hydrogen (secondary N) is 1. The monoisotopic (exact) mass is 463 g/mol. The summed E-state index contributed by atoms with van der Waals surface area (Å²) in [5, 5.41) is 2.76. The molecule has 2 heterocycles. The van der Waals surface area contributed by atoms with Crippen LogP contribution in [0, 0.1) is 13.8 Å². The second kappa shape index (κ2) is 9.84. The molecule has 168 valence electrons. The smallest absolute Gasteiger partial charge is 0.242 e. The van der Waals surface area contributed by atoms with Gasteiger partial charge in [-0.05, 0) is 57.9 Å². The van der Waals surface area contributed by atoms with Crippen LogP contribution in [0.5, 0.6) is 11.5 Å². The molecule has 0 amide bonds. The number of nitrogens with zero attached hydrogens (tertiary/aromatic N) is 2. The van der Waals surface area contributed by atoms with Gasteiger partial charge in [-0.15, -0.1) is 11.3 Å². The van der Waals surface area contributed by atoms with Gasteiger partial charge in [0.1, 0.15) is 9.90 Å². The highest BCUT2D eigenvalue weighted by molar-refractivity contribution is 7.89. The van der Waals surface area contributed by atoms with Crippen molar-refractivity contribution in [3.63, 3.8) is 0 Å². The number of aromatic nitrogens is 2. The fourth-order valence-electron chi connectivity index (χ4n) is 3.28. The fraction of sp³-hybridized carbons (Fsp3) is 0.409. The molecular weight excluding hydrogens is 434 g/mol. The summed E-state index contributed by atoms with van der Waals surface area (Å²) in [6, 6.07) is 7.39. The van der Waals surface area contributed by atoms with E-state index in [2.05, 4.69) is 9.71 Å². The molecule has 2 aromatic heterocycles. The molecule has 0 fully saturated rings. The van der Waals surface area contributed by atoms with E-state index in [-0.39, 0.29) is 11.4 Å². The molecular formula is C22H29N3O4S2. The second-order valence-corrected chi connectivity index (χ2v) is 9.72. The van der Waals surface area contributed by atoms with Crippen LogP contribution < -0.4 is 14.2 Å². The lowest BCUT2D eigenvalue weighted by Gasteiger charge is -2.13. The summed E-state index contributed by atoms with van der Waals surface area (Å²) in [6.07, 6.45) is 0.538. The van der Waals surface area contributed by atoms with Crippen molar-refractivity contribution in [2.75, 3.05) is 19.8 Å². The molecule has 0 bridgehead atoms. The maximum Gasteiger partial charge on any atom is 0.242 e. The van der Waals surface area contributed by atoms with Crippen LogP contribution in [0.4, 0.5) is 0 Å². The number of rotatable bonds is 10. The van der Waals surface area contributed by atoms with Crippen LogP contribution >= 0.6 is 11.3 Å². The summed E-state index contributed by atoms with van der Waals surface area (Å²) in [7, 11) is -1.79. The van der Waals surface area contributed by atoms with Gasteiger partial charge >= 0.3 is 0 Å². The van der Waals surface area contributed by atoms with Crippen molar-refractivity contribution in [1.82, 2.24) is 14.3 Å². The lowest BCUT2D eigenvalue weighted by Crippen LogP contribution is -2.26. The molecule has 3 rings (SSSR count). The topological polar surface area (TPSA) is 82.5 Å². The van der Waals surface area contributed by atoms with Gasteiger partial charge in [-0.1, -0.05) is 6.07 Å². The average Bonchev–Trinajstić information content (AvgIpc) is 3.28. The minimum Gasteiger partial charge on any atom is -0.490 e. The van der Waals surface area contributed by atoms with Crippen LogP contribution in [-0.4, -0.2) is 37.7 Å². The van der Waals surface area contributed by atoms with Gasteiger partial charge in [0.2, 0.25) is 10.0 Å². The Bertz CT molecular complexity index is 1150. The first-order valence-electron chi connectivity index (χ1n) is 10.2. The van der Waals surface area contributed by atoms with Crippen LogP contribution in [0.15, 0.2) is 34.5 Å². The van der Waals surface area contributed by atoms with E-state index in [9.17, 15) is 8.42 Å². The summed E-state index contributed by atoms with van der Waals surface area (Å²) >= 11 is 1.51. The Morgan fingerprint density at radius 3 is 2.45 bits per heavy atom. The lowest BCUT2D eigenvalue weighted by molar-refractivity contribution is 0.287. The zero-order valence-corrected chi connectivity index (χ0v) is 20.2. The third kappa shape index (κ3) is 5.28. The second-order valence-electron chi connectivity index (χ2n) is 7.13. The molecule has 0 unspecified atom stereocenters. The normalized spacial score (nSPS) is 11.6. The van der Waals surface area contributed by atoms with Gasteiger partial charge in [-0.2, -0.15) is 0 Å². The molecule has 0 aliphatic rings. The molecule has 0 atom stereocenters.